The number of amides is 1. The minimum Gasteiger partial charge on any atom is -0.390 e. The van der Waals surface area contributed by atoms with E-state index in [0.717, 1.165) is 5.82 Å². The molecule has 4 rings (SSSR count). The molecule has 2 aromatic heterocycles. The lowest BCUT2D eigenvalue weighted by Gasteiger charge is -2.12. The lowest BCUT2D eigenvalue weighted by molar-refractivity contribution is -0.110. The second-order valence-electron chi connectivity index (χ2n) is 8.73. The molecule has 1 saturated heterocycles. The van der Waals surface area contributed by atoms with Crippen LogP contribution in [0.15, 0.2) is 46.4 Å². The van der Waals surface area contributed by atoms with Crippen LogP contribution in [0.25, 0.3) is 10.3 Å². The Kier molecular flexibility index (Phi) is 8.37. The van der Waals surface area contributed by atoms with Crippen molar-refractivity contribution in [3.8, 4) is 0 Å². The van der Waals surface area contributed by atoms with Gasteiger partial charge in [0.1, 0.15) is 22.3 Å². The number of nitrogens with one attached hydrogen (secondary N) is 1. The number of carbonyl (C=O) groups is 1. The summed E-state index contributed by atoms with van der Waals surface area (Å²) >= 11 is 1.23. The number of benzene rings is 1. The first-order valence-electron chi connectivity index (χ1n) is 11.6. The summed E-state index contributed by atoms with van der Waals surface area (Å²) in [4.78, 5) is 30.5. The number of fused-ring (bicyclic) bond motifs is 1. The first-order chi connectivity index (χ1) is 17.7. The fourth-order valence-electron chi connectivity index (χ4n) is 3.65. The molecular weight excluding hydrogens is 518 g/mol. The first-order valence-corrected chi connectivity index (χ1v) is 14.0. The number of thiazole rings is 1. The summed E-state index contributed by atoms with van der Waals surface area (Å²) < 4.78 is 36.1. The van der Waals surface area contributed by atoms with Gasteiger partial charge in [-0.05, 0) is 37.6 Å². The van der Waals surface area contributed by atoms with Gasteiger partial charge in [-0.25, -0.2) is 18.4 Å². The second kappa shape index (κ2) is 11.5. The number of ether oxygens (including phenoxy) is 2. The standard InChI is InChI=1S/C24H29N5O6S2/c1-15(13-33-4)35-28-21(16-5-7-17(8-6-16)37(31,32)18-11-12-34-14-18)22(30)27-24-25-19-9-10-20(29(2)3)26-23(19)36-24/h5-10,15,18H,11-14H2,1-4H3,(H,25,27,30)/t15-,18+/m1/s1. The molecule has 0 spiro atoms. The quantitative estimate of drug-likeness (QED) is 0.300. The smallest absolute Gasteiger partial charge is 0.280 e. The molecule has 0 aliphatic carbocycles. The lowest BCUT2D eigenvalue weighted by atomic mass is 10.1. The molecule has 198 valence electrons. The van der Waals surface area contributed by atoms with Gasteiger partial charge in [-0.2, -0.15) is 0 Å². The van der Waals surface area contributed by atoms with Crippen molar-refractivity contribution >= 4 is 54.1 Å². The predicted molar refractivity (Wildman–Crippen MR) is 142 cm³/mol. The number of pyridine rings is 1. The van der Waals surface area contributed by atoms with Crippen LogP contribution in [0.5, 0.6) is 0 Å². The van der Waals surface area contributed by atoms with E-state index < -0.39 is 27.1 Å². The molecule has 3 aromatic rings. The Morgan fingerprint density at radius 3 is 2.65 bits per heavy atom. The van der Waals surface area contributed by atoms with E-state index in [-0.39, 0.29) is 23.8 Å². The highest BCUT2D eigenvalue weighted by Gasteiger charge is 2.31. The Hall–Kier alpha value is -3.13. The van der Waals surface area contributed by atoms with E-state index in [1.807, 2.05) is 31.1 Å². The second-order valence-corrected chi connectivity index (χ2v) is 11.9. The average molecular weight is 548 g/mol. The van der Waals surface area contributed by atoms with Crippen molar-refractivity contribution in [1.82, 2.24) is 9.97 Å². The molecule has 2 atom stereocenters. The van der Waals surface area contributed by atoms with Crippen molar-refractivity contribution in [1.29, 1.82) is 0 Å². The molecule has 1 aliphatic heterocycles. The monoisotopic (exact) mass is 547 g/mol. The third-order valence-corrected chi connectivity index (χ3v) is 8.70. The maximum absolute atomic E-state index is 13.3. The summed E-state index contributed by atoms with van der Waals surface area (Å²) in [5.74, 6) is 0.215. The fraction of sp³-hybridized carbons (Fsp3) is 0.417. The Labute approximate surface area is 219 Å². The Morgan fingerprint density at radius 2 is 2.00 bits per heavy atom. The molecular formula is C24H29N5O6S2. The van der Waals surface area contributed by atoms with Crippen LogP contribution in [-0.4, -0.2) is 82.4 Å². The Balaban J connectivity index is 1.60. The largest absolute Gasteiger partial charge is 0.390 e. The number of carbonyl (C=O) groups excluding carboxylic acids is 1. The van der Waals surface area contributed by atoms with Gasteiger partial charge < -0.3 is 19.2 Å². The van der Waals surface area contributed by atoms with Gasteiger partial charge in [-0.1, -0.05) is 28.6 Å². The zero-order chi connectivity index (χ0) is 26.6. The van der Waals surface area contributed by atoms with Crippen LogP contribution in [-0.2, 0) is 28.9 Å². The van der Waals surface area contributed by atoms with Gasteiger partial charge >= 0.3 is 0 Å². The summed E-state index contributed by atoms with van der Waals surface area (Å²) in [6.07, 6.45) is 0.0447. The van der Waals surface area contributed by atoms with E-state index in [0.29, 0.717) is 34.1 Å². The normalized spacial score (nSPS) is 17.1. The molecule has 3 heterocycles. The van der Waals surface area contributed by atoms with Crippen LogP contribution in [0.1, 0.15) is 18.9 Å². The Bertz CT molecular complexity index is 1380. The van der Waals surface area contributed by atoms with Crippen molar-refractivity contribution in [2.75, 3.05) is 51.2 Å². The molecule has 0 radical (unpaired) electrons. The first kappa shape index (κ1) is 26.9. The summed E-state index contributed by atoms with van der Waals surface area (Å²) in [5, 5.41) is 6.61. The van der Waals surface area contributed by atoms with Crippen molar-refractivity contribution in [2.45, 2.75) is 29.6 Å². The highest BCUT2D eigenvalue weighted by atomic mass is 32.2. The number of anilines is 2. The zero-order valence-electron chi connectivity index (χ0n) is 21.0. The van der Waals surface area contributed by atoms with Crippen molar-refractivity contribution in [3.05, 3.63) is 42.0 Å². The molecule has 1 N–H and O–H groups in total. The maximum Gasteiger partial charge on any atom is 0.280 e. The SMILES string of the molecule is COC[C@@H](C)ON=C(C(=O)Nc1nc2ccc(N(C)C)nc2s1)c1ccc(S(=O)(=O)[C@H]2CCOC2)cc1. The van der Waals surface area contributed by atoms with Crippen molar-refractivity contribution in [2.24, 2.45) is 5.16 Å². The van der Waals surface area contributed by atoms with Crippen LogP contribution >= 0.6 is 11.3 Å². The zero-order valence-corrected chi connectivity index (χ0v) is 22.6. The van der Waals surface area contributed by atoms with Gasteiger partial charge in [0.25, 0.3) is 5.91 Å². The van der Waals surface area contributed by atoms with Gasteiger partial charge in [-0.3, -0.25) is 10.1 Å². The molecule has 37 heavy (non-hydrogen) atoms. The summed E-state index contributed by atoms with van der Waals surface area (Å²) in [7, 11) is 1.78. The third kappa shape index (κ3) is 6.24. The van der Waals surface area contributed by atoms with E-state index >= 15 is 0 Å². The third-order valence-electron chi connectivity index (χ3n) is 5.64. The maximum atomic E-state index is 13.3. The number of methoxy groups -OCH3 is 1. The molecule has 0 bridgehead atoms. The van der Waals surface area contributed by atoms with E-state index in [1.54, 1.807) is 6.92 Å². The highest BCUT2D eigenvalue weighted by Crippen LogP contribution is 2.27. The van der Waals surface area contributed by atoms with Gasteiger partial charge in [0.05, 0.1) is 23.4 Å². The molecule has 1 aromatic carbocycles. The lowest BCUT2D eigenvalue weighted by Crippen LogP contribution is -2.26. The number of hydrogen-bond acceptors (Lipinski definition) is 11. The molecule has 13 heteroatoms. The van der Waals surface area contributed by atoms with Crippen LogP contribution in [0.4, 0.5) is 10.9 Å². The molecule has 1 aliphatic rings. The predicted octanol–water partition coefficient (Wildman–Crippen LogP) is 2.71. The fourth-order valence-corrected chi connectivity index (χ4v) is 6.06. The van der Waals surface area contributed by atoms with Gasteiger partial charge in [0.15, 0.2) is 20.7 Å². The molecule has 11 nitrogen and oxygen atoms in total. The van der Waals surface area contributed by atoms with Gasteiger partial charge in [0.2, 0.25) is 0 Å². The van der Waals surface area contributed by atoms with Crippen LogP contribution in [0.3, 0.4) is 0 Å². The number of hydrogen-bond donors (Lipinski definition) is 1. The summed E-state index contributed by atoms with van der Waals surface area (Å²) in [5.41, 5.74) is 1.01. The van der Waals surface area contributed by atoms with E-state index in [9.17, 15) is 13.2 Å². The average Bonchev–Trinajstić information content (AvgIpc) is 3.54. The number of sulfone groups is 1. The van der Waals surface area contributed by atoms with Crippen LogP contribution in [0.2, 0.25) is 0 Å². The molecule has 1 fully saturated rings. The van der Waals surface area contributed by atoms with E-state index in [4.69, 9.17) is 14.3 Å². The molecule has 0 unspecified atom stereocenters. The highest BCUT2D eigenvalue weighted by molar-refractivity contribution is 7.92. The number of nitrogens with zero attached hydrogens (tertiary/aromatic N) is 4. The minimum atomic E-state index is -3.54. The number of oxime groups is 1. The van der Waals surface area contributed by atoms with Crippen LogP contribution < -0.4 is 10.2 Å². The Morgan fingerprint density at radius 1 is 1.24 bits per heavy atom. The number of aromatic nitrogens is 2. The van der Waals surface area contributed by atoms with E-state index in [1.165, 1.54) is 42.7 Å². The topological polar surface area (TPSA) is 132 Å². The van der Waals surface area contributed by atoms with Crippen molar-refractivity contribution < 1.29 is 27.5 Å². The van der Waals surface area contributed by atoms with Gasteiger partial charge in [-0.15, -0.1) is 0 Å². The number of rotatable bonds is 10. The molecule has 1 amide bonds. The van der Waals surface area contributed by atoms with E-state index in [2.05, 4.69) is 20.4 Å². The van der Waals surface area contributed by atoms with Crippen LogP contribution in [0, 0.1) is 0 Å². The van der Waals surface area contributed by atoms with Crippen molar-refractivity contribution in [3.63, 3.8) is 0 Å². The summed E-state index contributed by atoms with van der Waals surface area (Å²) in [6, 6.07) is 9.69. The molecule has 0 saturated carbocycles. The minimum absolute atomic E-state index is 0.0303. The summed E-state index contributed by atoms with van der Waals surface area (Å²) in [6.45, 7) is 2.63. The van der Waals surface area contributed by atoms with Gasteiger partial charge in [0, 0.05) is 33.4 Å².